The molecule has 1 heterocycles. The summed E-state index contributed by atoms with van der Waals surface area (Å²) in [6.45, 7) is 1.33. The van der Waals surface area contributed by atoms with Crippen LogP contribution in [0.5, 0.6) is 5.75 Å². The molecule has 0 atom stereocenters. The number of nitrogens with one attached hydrogen (secondary N) is 1. The molecule has 1 aliphatic rings. The Hall–Kier alpha value is -1.02. The van der Waals surface area contributed by atoms with Crippen LogP contribution in [0.3, 0.4) is 0 Å². The van der Waals surface area contributed by atoms with E-state index in [1.807, 2.05) is 0 Å². The Labute approximate surface area is 110 Å². The molecule has 100 valence electrons. The molecule has 1 aliphatic heterocycles. The van der Waals surface area contributed by atoms with Crippen molar-refractivity contribution >= 4 is 27.5 Å². The van der Waals surface area contributed by atoms with Crippen LogP contribution < -0.4 is 4.72 Å². The number of hydrogen-bond donors (Lipinski definition) is 2. The van der Waals surface area contributed by atoms with Crippen molar-refractivity contribution in [2.75, 3.05) is 31.0 Å². The quantitative estimate of drug-likeness (QED) is 0.816. The van der Waals surface area contributed by atoms with Gasteiger partial charge in [0.1, 0.15) is 5.75 Å². The van der Waals surface area contributed by atoms with Crippen LogP contribution in [-0.2, 0) is 14.9 Å². The van der Waals surface area contributed by atoms with Gasteiger partial charge in [-0.1, -0.05) is 11.6 Å². The normalized spacial score (nSPS) is 17.6. The number of halogens is 1. The third kappa shape index (κ3) is 3.05. The summed E-state index contributed by atoms with van der Waals surface area (Å²) < 4.78 is 32.7. The Kier molecular flexibility index (Phi) is 3.96. The van der Waals surface area contributed by atoms with Crippen LogP contribution in [0.2, 0.25) is 5.02 Å². The highest BCUT2D eigenvalue weighted by molar-refractivity contribution is 7.90. The number of benzene rings is 1. The molecule has 8 heteroatoms. The Morgan fingerprint density at radius 3 is 2.61 bits per heavy atom. The molecule has 0 saturated carbocycles. The standard InChI is InChI=1S/C10H13ClN2O4S/c11-8-1-2-9(10(14)7-8)12-18(15,16)13-3-5-17-6-4-13/h1-2,7,12,14H,3-6H2. The Bertz CT molecular complexity index is 529. The van der Waals surface area contributed by atoms with Crippen LogP contribution in [0.15, 0.2) is 18.2 Å². The summed E-state index contributed by atoms with van der Waals surface area (Å²) in [6, 6.07) is 4.19. The molecule has 0 radical (unpaired) electrons. The zero-order valence-corrected chi connectivity index (χ0v) is 11.0. The van der Waals surface area contributed by atoms with Crippen molar-refractivity contribution in [1.29, 1.82) is 0 Å². The summed E-state index contributed by atoms with van der Waals surface area (Å²) in [5.74, 6) is -0.209. The van der Waals surface area contributed by atoms with E-state index in [9.17, 15) is 13.5 Å². The average Bonchev–Trinajstić information content (AvgIpc) is 2.34. The van der Waals surface area contributed by atoms with Gasteiger partial charge in [0, 0.05) is 24.2 Å². The number of morpholine rings is 1. The van der Waals surface area contributed by atoms with Crippen molar-refractivity contribution in [3.05, 3.63) is 23.2 Å². The van der Waals surface area contributed by atoms with E-state index in [1.54, 1.807) is 0 Å². The van der Waals surface area contributed by atoms with Crippen molar-refractivity contribution in [3.63, 3.8) is 0 Å². The van der Waals surface area contributed by atoms with E-state index in [0.29, 0.717) is 31.3 Å². The second-order valence-corrected chi connectivity index (χ2v) is 5.89. The van der Waals surface area contributed by atoms with Gasteiger partial charge in [-0.15, -0.1) is 0 Å². The lowest BCUT2D eigenvalue weighted by Crippen LogP contribution is -2.43. The van der Waals surface area contributed by atoms with E-state index in [2.05, 4.69) is 4.72 Å². The molecule has 2 N–H and O–H groups in total. The highest BCUT2D eigenvalue weighted by Gasteiger charge is 2.24. The summed E-state index contributed by atoms with van der Waals surface area (Å²) in [5, 5.41) is 9.93. The summed E-state index contributed by atoms with van der Waals surface area (Å²) in [6.07, 6.45) is 0. The van der Waals surface area contributed by atoms with Crippen LogP contribution in [0.25, 0.3) is 0 Å². The van der Waals surface area contributed by atoms with Crippen molar-refractivity contribution in [2.24, 2.45) is 0 Å². The van der Waals surface area contributed by atoms with Gasteiger partial charge in [0.15, 0.2) is 0 Å². The fourth-order valence-electron chi connectivity index (χ4n) is 1.58. The monoisotopic (exact) mass is 292 g/mol. The van der Waals surface area contributed by atoms with Crippen LogP contribution >= 0.6 is 11.6 Å². The maximum Gasteiger partial charge on any atom is 0.301 e. The van der Waals surface area contributed by atoms with Gasteiger partial charge in [-0.2, -0.15) is 12.7 Å². The van der Waals surface area contributed by atoms with Crippen molar-refractivity contribution < 1.29 is 18.3 Å². The van der Waals surface area contributed by atoms with Gasteiger partial charge >= 0.3 is 10.2 Å². The molecule has 0 spiro atoms. The maximum atomic E-state index is 12.0. The van der Waals surface area contributed by atoms with E-state index >= 15 is 0 Å². The molecule has 18 heavy (non-hydrogen) atoms. The fraction of sp³-hybridized carbons (Fsp3) is 0.400. The zero-order chi connectivity index (χ0) is 13.2. The predicted octanol–water partition coefficient (Wildman–Crippen LogP) is 1.03. The average molecular weight is 293 g/mol. The molecule has 1 aromatic rings. The molecule has 1 saturated heterocycles. The van der Waals surface area contributed by atoms with E-state index < -0.39 is 10.2 Å². The number of aromatic hydroxyl groups is 1. The highest BCUT2D eigenvalue weighted by atomic mass is 35.5. The Morgan fingerprint density at radius 2 is 2.00 bits per heavy atom. The van der Waals surface area contributed by atoms with Gasteiger partial charge in [0.2, 0.25) is 0 Å². The van der Waals surface area contributed by atoms with Crippen molar-refractivity contribution in [2.45, 2.75) is 0 Å². The minimum absolute atomic E-state index is 0.103. The predicted molar refractivity (Wildman–Crippen MR) is 68.1 cm³/mol. The zero-order valence-electron chi connectivity index (χ0n) is 9.47. The molecule has 0 unspecified atom stereocenters. The largest absolute Gasteiger partial charge is 0.506 e. The Morgan fingerprint density at radius 1 is 1.33 bits per heavy atom. The van der Waals surface area contributed by atoms with Crippen LogP contribution in [0.1, 0.15) is 0 Å². The fourth-order valence-corrected chi connectivity index (χ4v) is 2.96. The lowest BCUT2D eigenvalue weighted by atomic mass is 10.3. The molecule has 6 nitrogen and oxygen atoms in total. The first-order valence-electron chi connectivity index (χ1n) is 5.33. The third-order valence-corrected chi connectivity index (χ3v) is 4.27. The van der Waals surface area contributed by atoms with Gasteiger partial charge in [-0.25, -0.2) is 0 Å². The summed E-state index contributed by atoms with van der Waals surface area (Å²) in [4.78, 5) is 0. The summed E-state index contributed by atoms with van der Waals surface area (Å²) in [7, 11) is -3.67. The number of nitrogens with zero attached hydrogens (tertiary/aromatic N) is 1. The van der Waals surface area contributed by atoms with E-state index in [0.717, 1.165) is 0 Å². The first kappa shape index (κ1) is 13.4. The smallest absolute Gasteiger partial charge is 0.301 e. The van der Waals surface area contributed by atoms with Gasteiger partial charge in [0.25, 0.3) is 0 Å². The van der Waals surface area contributed by atoms with Crippen LogP contribution in [0, 0.1) is 0 Å². The van der Waals surface area contributed by atoms with E-state index in [4.69, 9.17) is 16.3 Å². The second-order valence-electron chi connectivity index (χ2n) is 3.78. The number of anilines is 1. The number of phenols is 1. The van der Waals surface area contributed by atoms with Gasteiger partial charge in [0.05, 0.1) is 18.9 Å². The molecular weight excluding hydrogens is 280 g/mol. The summed E-state index contributed by atoms with van der Waals surface area (Å²) in [5.41, 5.74) is 0.103. The molecule has 0 amide bonds. The molecular formula is C10H13ClN2O4S. The number of ether oxygens (including phenoxy) is 1. The third-order valence-electron chi connectivity index (χ3n) is 2.51. The highest BCUT2D eigenvalue weighted by Crippen LogP contribution is 2.27. The lowest BCUT2D eigenvalue weighted by Gasteiger charge is -2.26. The van der Waals surface area contributed by atoms with Gasteiger partial charge in [-0.05, 0) is 12.1 Å². The number of rotatable bonds is 3. The SMILES string of the molecule is O=S(=O)(Nc1ccc(Cl)cc1O)N1CCOCC1. The van der Waals surface area contributed by atoms with Crippen LogP contribution in [-0.4, -0.2) is 44.1 Å². The Balaban J connectivity index is 2.16. The van der Waals surface area contributed by atoms with Gasteiger partial charge < -0.3 is 9.84 Å². The molecule has 0 aromatic heterocycles. The molecule has 2 rings (SSSR count). The van der Waals surface area contributed by atoms with Crippen molar-refractivity contribution in [3.8, 4) is 5.75 Å². The topological polar surface area (TPSA) is 78.9 Å². The summed E-state index contributed by atoms with van der Waals surface area (Å²) >= 11 is 5.67. The number of phenolic OH excluding ortho intramolecular Hbond substituents is 1. The minimum atomic E-state index is -3.67. The maximum absolute atomic E-state index is 12.0. The molecule has 0 aliphatic carbocycles. The second kappa shape index (κ2) is 5.31. The van der Waals surface area contributed by atoms with Crippen molar-refractivity contribution in [1.82, 2.24) is 4.31 Å². The first-order valence-corrected chi connectivity index (χ1v) is 7.15. The minimum Gasteiger partial charge on any atom is -0.506 e. The van der Waals surface area contributed by atoms with Gasteiger partial charge in [-0.3, -0.25) is 4.72 Å². The number of hydrogen-bond acceptors (Lipinski definition) is 4. The lowest BCUT2D eigenvalue weighted by molar-refractivity contribution is 0.0733. The molecule has 1 aromatic carbocycles. The molecule has 0 bridgehead atoms. The van der Waals surface area contributed by atoms with Crippen LogP contribution in [0.4, 0.5) is 5.69 Å². The molecule has 1 fully saturated rings. The van der Waals surface area contributed by atoms with E-state index in [1.165, 1.54) is 22.5 Å². The van der Waals surface area contributed by atoms with E-state index in [-0.39, 0.29) is 11.4 Å². The first-order chi connectivity index (χ1) is 8.49.